The van der Waals surface area contributed by atoms with E-state index in [4.69, 9.17) is 14.8 Å². The van der Waals surface area contributed by atoms with Crippen molar-refractivity contribution in [1.29, 1.82) is 0 Å². The predicted octanol–water partition coefficient (Wildman–Crippen LogP) is 5.48. The molecule has 0 amide bonds. The Morgan fingerprint density at radius 2 is 1.60 bits per heavy atom. The van der Waals surface area contributed by atoms with Gasteiger partial charge in [0.05, 0.1) is 18.5 Å². The van der Waals surface area contributed by atoms with Crippen LogP contribution in [0.5, 0.6) is 5.75 Å². The van der Waals surface area contributed by atoms with E-state index in [9.17, 15) is 0 Å². The number of hydrogen-bond acceptors (Lipinski definition) is 3. The van der Waals surface area contributed by atoms with Gasteiger partial charge in [-0.05, 0) is 43.7 Å². The minimum Gasteiger partial charge on any atom is -0.497 e. The maximum absolute atomic E-state index is 5.45. The fraction of sp³-hybridized carbons (Fsp3) is 0.120. The van der Waals surface area contributed by atoms with Crippen LogP contribution >= 0.6 is 0 Å². The summed E-state index contributed by atoms with van der Waals surface area (Å²) in [5, 5.41) is 4.87. The van der Waals surface area contributed by atoms with Gasteiger partial charge in [-0.3, -0.25) is 0 Å². The lowest BCUT2D eigenvalue weighted by Gasteiger charge is -2.11. The number of fused-ring (bicyclic) bond motifs is 1. The molecule has 0 atom stereocenters. The van der Waals surface area contributed by atoms with Gasteiger partial charge in [0.25, 0.3) is 0 Å². The second-order valence-corrected chi connectivity index (χ2v) is 7.38. The first kappa shape index (κ1) is 18.2. The second-order valence-electron chi connectivity index (χ2n) is 7.38. The van der Waals surface area contributed by atoms with Crippen molar-refractivity contribution in [2.24, 2.45) is 0 Å². The fourth-order valence-electron chi connectivity index (χ4n) is 3.78. The number of ether oxygens (including phenoxy) is 1. The lowest BCUT2D eigenvalue weighted by Crippen LogP contribution is -2.02. The summed E-state index contributed by atoms with van der Waals surface area (Å²) in [5.74, 6) is 1.65. The largest absolute Gasteiger partial charge is 0.497 e. The zero-order valence-electron chi connectivity index (χ0n) is 17.2. The van der Waals surface area contributed by atoms with Crippen molar-refractivity contribution >= 4 is 5.65 Å². The number of rotatable bonds is 4. The van der Waals surface area contributed by atoms with Crippen LogP contribution in [0.4, 0.5) is 0 Å². The van der Waals surface area contributed by atoms with Gasteiger partial charge in [0.2, 0.25) is 0 Å². The van der Waals surface area contributed by atoms with Crippen molar-refractivity contribution in [3.8, 4) is 34.0 Å². The summed E-state index contributed by atoms with van der Waals surface area (Å²) in [6.07, 6.45) is 4.01. The highest BCUT2D eigenvalue weighted by molar-refractivity contribution is 5.82. The zero-order chi connectivity index (χ0) is 20.7. The highest BCUT2D eigenvalue weighted by Gasteiger charge is 2.18. The molecular weight excluding hydrogens is 372 g/mol. The van der Waals surface area contributed by atoms with E-state index in [1.807, 2.05) is 58.7 Å². The Balaban J connectivity index is 1.83. The monoisotopic (exact) mass is 394 g/mol. The predicted molar refractivity (Wildman–Crippen MR) is 119 cm³/mol. The molecule has 0 spiro atoms. The van der Waals surface area contributed by atoms with E-state index in [2.05, 4.69) is 43.3 Å². The Bertz CT molecular complexity index is 1330. The third kappa shape index (κ3) is 3.05. The van der Waals surface area contributed by atoms with E-state index in [1.54, 1.807) is 7.11 Å². The Morgan fingerprint density at radius 3 is 2.33 bits per heavy atom. The summed E-state index contributed by atoms with van der Waals surface area (Å²) in [5.41, 5.74) is 7.15. The van der Waals surface area contributed by atoms with Crippen molar-refractivity contribution in [2.45, 2.75) is 13.8 Å². The summed E-state index contributed by atoms with van der Waals surface area (Å²) in [6, 6.07) is 22.6. The number of aromatic nitrogens is 4. The third-order valence-corrected chi connectivity index (χ3v) is 5.33. The molecule has 0 unspecified atom stereocenters. The average molecular weight is 394 g/mol. The highest BCUT2D eigenvalue weighted by atomic mass is 16.5. The summed E-state index contributed by atoms with van der Waals surface area (Å²) in [7, 11) is 1.68. The third-order valence-electron chi connectivity index (χ3n) is 5.33. The summed E-state index contributed by atoms with van der Waals surface area (Å²) in [6.45, 7) is 4.13. The molecule has 0 radical (unpaired) electrons. The minimum atomic E-state index is 0.808. The Hall–Kier alpha value is -3.86. The molecule has 30 heavy (non-hydrogen) atoms. The van der Waals surface area contributed by atoms with Gasteiger partial charge in [0.15, 0.2) is 5.65 Å². The van der Waals surface area contributed by atoms with Crippen LogP contribution in [-0.4, -0.2) is 26.3 Å². The van der Waals surface area contributed by atoms with Crippen molar-refractivity contribution in [2.75, 3.05) is 7.11 Å². The van der Waals surface area contributed by atoms with E-state index in [0.29, 0.717) is 0 Å². The number of aryl methyl sites for hydroxylation is 2. The first-order chi connectivity index (χ1) is 14.6. The maximum Gasteiger partial charge on any atom is 0.166 e. The van der Waals surface area contributed by atoms with Gasteiger partial charge in [-0.2, -0.15) is 5.10 Å². The molecule has 0 fully saturated rings. The quantitative estimate of drug-likeness (QED) is 0.405. The molecule has 148 valence electrons. The van der Waals surface area contributed by atoms with Crippen LogP contribution in [-0.2, 0) is 0 Å². The van der Waals surface area contributed by atoms with E-state index in [1.165, 1.54) is 5.56 Å². The molecule has 0 aliphatic carbocycles. The lowest BCUT2D eigenvalue weighted by atomic mass is 10.0. The second kappa shape index (κ2) is 7.19. The molecule has 5 nitrogen and oxygen atoms in total. The average Bonchev–Trinajstić information content (AvgIpc) is 3.41. The molecule has 2 aromatic carbocycles. The lowest BCUT2D eigenvalue weighted by molar-refractivity contribution is 0.415. The van der Waals surface area contributed by atoms with Crippen molar-refractivity contribution in [3.63, 3.8) is 0 Å². The fourth-order valence-corrected chi connectivity index (χ4v) is 3.78. The van der Waals surface area contributed by atoms with Gasteiger partial charge in [-0.1, -0.05) is 42.0 Å². The van der Waals surface area contributed by atoms with Gasteiger partial charge < -0.3 is 9.30 Å². The molecule has 5 heteroatoms. The molecular formula is C25H22N4O. The van der Waals surface area contributed by atoms with Gasteiger partial charge in [-0.25, -0.2) is 9.50 Å². The van der Waals surface area contributed by atoms with Crippen LogP contribution in [0.3, 0.4) is 0 Å². The normalized spacial score (nSPS) is 11.2. The van der Waals surface area contributed by atoms with Crippen LogP contribution in [0.15, 0.2) is 79.1 Å². The number of methoxy groups -OCH3 is 1. The van der Waals surface area contributed by atoms with E-state index < -0.39 is 0 Å². The standard InChI is InChI=1S/C25H22N4O/c1-17-9-11-19(12-10-17)24-18(2)27-29-22(20-7-6-8-21(15-20)30-3)16-23(26-25(24)29)28-13-4-5-14-28/h4-16H,1-3H3. The van der Waals surface area contributed by atoms with E-state index in [-0.39, 0.29) is 0 Å². The number of benzene rings is 2. The van der Waals surface area contributed by atoms with Gasteiger partial charge in [-0.15, -0.1) is 0 Å². The highest BCUT2D eigenvalue weighted by Crippen LogP contribution is 2.32. The van der Waals surface area contributed by atoms with Crippen LogP contribution in [0.25, 0.3) is 33.8 Å². The molecule has 0 saturated heterocycles. The summed E-state index contributed by atoms with van der Waals surface area (Å²) >= 11 is 0. The van der Waals surface area contributed by atoms with Gasteiger partial charge in [0.1, 0.15) is 11.6 Å². The number of hydrogen-bond donors (Lipinski definition) is 0. The van der Waals surface area contributed by atoms with E-state index in [0.717, 1.165) is 45.3 Å². The molecule has 3 heterocycles. The molecule has 3 aromatic heterocycles. The summed E-state index contributed by atoms with van der Waals surface area (Å²) in [4.78, 5) is 5.00. The van der Waals surface area contributed by atoms with Crippen molar-refractivity contribution in [3.05, 3.63) is 90.4 Å². The Kier molecular flexibility index (Phi) is 4.36. The van der Waals surface area contributed by atoms with Crippen LogP contribution in [0.2, 0.25) is 0 Å². The maximum atomic E-state index is 5.45. The molecule has 0 saturated carbocycles. The SMILES string of the molecule is COc1cccc(-c2cc(-n3cccc3)nc3c(-c4ccc(C)cc4)c(C)nn23)c1. The van der Waals surface area contributed by atoms with Gasteiger partial charge in [0, 0.05) is 29.6 Å². The van der Waals surface area contributed by atoms with Crippen LogP contribution in [0, 0.1) is 13.8 Å². The summed E-state index contributed by atoms with van der Waals surface area (Å²) < 4.78 is 9.41. The molecule has 0 aliphatic heterocycles. The molecule has 0 aliphatic rings. The molecule has 0 N–H and O–H groups in total. The van der Waals surface area contributed by atoms with Crippen molar-refractivity contribution < 1.29 is 4.74 Å². The van der Waals surface area contributed by atoms with Crippen LogP contribution in [0.1, 0.15) is 11.3 Å². The smallest absolute Gasteiger partial charge is 0.166 e. The molecule has 0 bridgehead atoms. The van der Waals surface area contributed by atoms with Crippen LogP contribution < -0.4 is 4.74 Å². The number of nitrogens with zero attached hydrogens (tertiary/aromatic N) is 4. The topological polar surface area (TPSA) is 44.3 Å². The minimum absolute atomic E-state index is 0.808. The van der Waals surface area contributed by atoms with Crippen molar-refractivity contribution in [1.82, 2.24) is 19.2 Å². The Morgan fingerprint density at radius 1 is 0.833 bits per heavy atom. The first-order valence-electron chi connectivity index (χ1n) is 9.89. The molecule has 5 aromatic rings. The van der Waals surface area contributed by atoms with E-state index >= 15 is 0 Å². The Labute approximate surface area is 175 Å². The molecule has 5 rings (SSSR count). The van der Waals surface area contributed by atoms with Gasteiger partial charge >= 0.3 is 0 Å². The zero-order valence-corrected chi connectivity index (χ0v) is 17.2. The first-order valence-corrected chi connectivity index (χ1v) is 9.89.